The fourth-order valence-corrected chi connectivity index (χ4v) is 3.56. The van der Waals surface area contributed by atoms with Gasteiger partial charge in [0.25, 0.3) is 5.91 Å². The summed E-state index contributed by atoms with van der Waals surface area (Å²) < 4.78 is 5.58. The maximum atomic E-state index is 13.0. The highest BCUT2D eigenvalue weighted by atomic mass is 16.5. The zero-order chi connectivity index (χ0) is 18.7. The van der Waals surface area contributed by atoms with Gasteiger partial charge < -0.3 is 10.1 Å². The summed E-state index contributed by atoms with van der Waals surface area (Å²) in [6.45, 7) is 0. The van der Waals surface area contributed by atoms with E-state index in [2.05, 4.69) is 5.32 Å². The Kier molecular flexibility index (Phi) is 4.47. The van der Waals surface area contributed by atoms with Crippen molar-refractivity contribution in [2.24, 2.45) is 5.92 Å². The molecule has 2 aromatic carbocycles. The summed E-state index contributed by atoms with van der Waals surface area (Å²) in [6.07, 6.45) is 9.63. The van der Waals surface area contributed by atoms with Gasteiger partial charge in [-0.2, -0.15) is 0 Å². The standard InChI is InChI=1S/C23H19NO3/c25-21(18-12-6-2-7-13-18)24-23(16-17-10-4-1-5-11-17)19-14-8-3-9-15-20(19)27-22(23)26/h1-15,19H,16H2,(H,24,25)/t19-,23+/m1/s1. The molecule has 1 aliphatic carbocycles. The van der Waals surface area contributed by atoms with Gasteiger partial charge in [-0.15, -0.1) is 0 Å². The first-order valence-corrected chi connectivity index (χ1v) is 8.88. The molecule has 0 bridgehead atoms. The summed E-state index contributed by atoms with van der Waals surface area (Å²) in [7, 11) is 0. The predicted octanol–water partition coefficient (Wildman–Crippen LogP) is 3.58. The van der Waals surface area contributed by atoms with Crippen molar-refractivity contribution in [1.82, 2.24) is 5.32 Å². The number of hydrogen-bond acceptors (Lipinski definition) is 3. The molecule has 4 heteroatoms. The average Bonchev–Trinajstić information content (AvgIpc) is 2.84. The van der Waals surface area contributed by atoms with Crippen LogP contribution in [0.3, 0.4) is 0 Å². The van der Waals surface area contributed by atoms with Crippen LogP contribution in [-0.2, 0) is 16.0 Å². The summed E-state index contributed by atoms with van der Waals surface area (Å²) >= 11 is 0. The number of carbonyl (C=O) groups is 2. The molecule has 1 aliphatic heterocycles. The molecule has 0 saturated carbocycles. The Bertz CT molecular complexity index is 944. The van der Waals surface area contributed by atoms with Crippen molar-refractivity contribution in [1.29, 1.82) is 0 Å². The Labute approximate surface area is 157 Å². The van der Waals surface area contributed by atoms with E-state index in [-0.39, 0.29) is 11.8 Å². The van der Waals surface area contributed by atoms with Crippen molar-refractivity contribution in [2.45, 2.75) is 12.0 Å². The van der Waals surface area contributed by atoms with Gasteiger partial charge in [0.05, 0.1) is 5.92 Å². The van der Waals surface area contributed by atoms with Crippen molar-refractivity contribution < 1.29 is 14.3 Å². The van der Waals surface area contributed by atoms with Crippen LogP contribution in [0.5, 0.6) is 0 Å². The minimum absolute atomic E-state index is 0.296. The van der Waals surface area contributed by atoms with Gasteiger partial charge in [-0.3, -0.25) is 4.79 Å². The molecule has 1 N–H and O–H groups in total. The fraction of sp³-hybridized carbons (Fsp3) is 0.130. The molecule has 134 valence electrons. The molecule has 1 heterocycles. The zero-order valence-corrected chi connectivity index (χ0v) is 14.7. The molecule has 4 rings (SSSR count). The molecule has 2 atom stereocenters. The Balaban J connectivity index is 1.76. The molecule has 0 unspecified atom stereocenters. The molecule has 0 aromatic heterocycles. The molecule has 2 aliphatic rings. The molecule has 1 amide bonds. The first-order valence-electron chi connectivity index (χ1n) is 8.88. The third-order valence-corrected chi connectivity index (χ3v) is 4.90. The smallest absolute Gasteiger partial charge is 0.338 e. The van der Waals surface area contributed by atoms with Crippen molar-refractivity contribution in [2.75, 3.05) is 0 Å². The number of allylic oxidation sites excluding steroid dienone is 4. The number of amides is 1. The summed E-state index contributed by atoms with van der Waals surface area (Å²) in [6, 6.07) is 18.6. The first kappa shape index (κ1) is 17.0. The lowest BCUT2D eigenvalue weighted by Gasteiger charge is -2.30. The summed E-state index contributed by atoms with van der Waals surface area (Å²) in [5, 5.41) is 3.00. The number of benzene rings is 2. The maximum Gasteiger partial charge on any atom is 0.338 e. The first-order chi connectivity index (χ1) is 13.2. The molecule has 1 fully saturated rings. The number of fused-ring (bicyclic) bond motifs is 1. The van der Waals surface area contributed by atoms with Crippen LogP contribution in [0.25, 0.3) is 0 Å². The van der Waals surface area contributed by atoms with Crippen molar-refractivity contribution in [3.05, 3.63) is 108 Å². The second-order valence-electron chi connectivity index (χ2n) is 6.66. The van der Waals surface area contributed by atoms with Crippen LogP contribution < -0.4 is 5.32 Å². The van der Waals surface area contributed by atoms with Crippen molar-refractivity contribution in [3.8, 4) is 0 Å². The van der Waals surface area contributed by atoms with Gasteiger partial charge in [-0.25, -0.2) is 4.79 Å². The van der Waals surface area contributed by atoms with E-state index in [1.807, 2.05) is 60.7 Å². The Morgan fingerprint density at radius 2 is 1.67 bits per heavy atom. The third-order valence-electron chi connectivity index (χ3n) is 4.90. The lowest BCUT2D eigenvalue weighted by molar-refractivity contribution is -0.141. The van der Waals surface area contributed by atoms with Crippen LogP contribution in [0.4, 0.5) is 0 Å². The zero-order valence-electron chi connectivity index (χ0n) is 14.7. The minimum atomic E-state index is -1.19. The Morgan fingerprint density at radius 3 is 2.41 bits per heavy atom. The fourth-order valence-electron chi connectivity index (χ4n) is 3.56. The highest BCUT2D eigenvalue weighted by Crippen LogP contribution is 2.40. The number of hydrogen-bond donors (Lipinski definition) is 1. The molecule has 27 heavy (non-hydrogen) atoms. The van der Waals surface area contributed by atoms with Gasteiger partial charge in [-0.05, 0) is 23.8 Å². The number of rotatable bonds is 4. The molecular formula is C23H19NO3. The van der Waals surface area contributed by atoms with E-state index in [1.54, 1.807) is 30.3 Å². The maximum absolute atomic E-state index is 13.0. The molecular weight excluding hydrogens is 338 g/mol. The summed E-state index contributed by atoms with van der Waals surface area (Å²) in [5.74, 6) is -0.552. The Morgan fingerprint density at radius 1 is 0.963 bits per heavy atom. The second kappa shape index (κ2) is 7.08. The lowest BCUT2D eigenvalue weighted by atomic mass is 9.79. The molecule has 4 nitrogen and oxygen atoms in total. The highest BCUT2D eigenvalue weighted by molar-refractivity contribution is 5.99. The van der Waals surface area contributed by atoms with E-state index < -0.39 is 11.5 Å². The van der Waals surface area contributed by atoms with Crippen molar-refractivity contribution in [3.63, 3.8) is 0 Å². The van der Waals surface area contributed by atoms with Gasteiger partial charge in [0.2, 0.25) is 0 Å². The van der Waals surface area contributed by atoms with Gasteiger partial charge in [0.1, 0.15) is 5.76 Å². The van der Waals surface area contributed by atoms with Crippen LogP contribution in [-0.4, -0.2) is 17.4 Å². The van der Waals surface area contributed by atoms with E-state index in [1.165, 1.54) is 0 Å². The molecule has 2 aromatic rings. The second-order valence-corrected chi connectivity index (χ2v) is 6.66. The van der Waals surface area contributed by atoms with E-state index in [4.69, 9.17) is 4.74 Å². The van der Waals surface area contributed by atoms with Gasteiger partial charge in [-0.1, -0.05) is 72.8 Å². The van der Waals surface area contributed by atoms with Crippen molar-refractivity contribution >= 4 is 11.9 Å². The average molecular weight is 357 g/mol. The highest BCUT2D eigenvalue weighted by Gasteiger charge is 2.55. The van der Waals surface area contributed by atoms with E-state index in [9.17, 15) is 9.59 Å². The van der Waals surface area contributed by atoms with Crippen LogP contribution >= 0.6 is 0 Å². The van der Waals surface area contributed by atoms with Crippen LogP contribution in [0.1, 0.15) is 15.9 Å². The largest absolute Gasteiger partial charge is 0.429 e. The molecule has 1 saturated heterocycles. The summed E-state index contributed by atoms with van der Waals surface area (Å²) in [5.41, 5.74) is 0.267. The van der Waals surface area contributed by atoms with Crippen LogP contribution in [0, 0.1) is 5.92 Å². The molecule has 0 radical (unpaired) electrons. The van der Waals surface area contributed by atoms with Gasteiger partial charge in [0.15, 0.2) is 5.54 Å². The minimum Gasteiger partial charge on any atom is -0.429 e. The van der Waals surface area contributed by atoms with Crippen LogP contribution in [0.2, 0.25) is 0 Å². The van der Waals surface area contributed by atoms with Crippen LogP contribution in [0.15, 0.2) is 96.8 Å². The lowest BCUT2D eigenvalue weighted by Crippen LogP contribution is -2.57. The Hall–Kier alpha value is -3.40. The molecule has 0 spiro atoms. The summed E-state index contributed by atoms with van der Waals surface area (Å²) in [4.78, 5) is 25.9. The monoisotopic (exact) mass is 357 g/mol. The quantitative estimate of drug-likeness (QED) is 0.851. The normalized spacial score (nSPS) is 23.2. The number of esters is 1. The van der Waals surface area contributed by atoms with E-state index >= 15 is 0 Å². The number of nitrogens with one attached hydrogen (secondary N) is 1. The SMILES string of the molecule is O=C(N[C@]1(Cc2ccccc2)C(=O)OC2=CC=CC=C[C@H]21)c1ccccc1. The third kappa shape index (κ3) is 3.22. The van der Waals surface area contributed by atoms with Gasteiger partial charge in [0, 0.05) is 12.0 Å². The predicted molar refractivity (Wildman–Crippen MR) is 103 cm³/mol. The number of carbonyl (C=O) groups excluding carboxylic acids is 2. The van der Waals surface area contributed by atoms with Gasteiger partial charge >= 0.3 is 5.97 Å². The number of ether oxygens (including phenoxy) is 1. The topological polar surface area (TPSA) is 55.4 Å². The van der Waals surface area contributed by atoms with E-state index in [0.717, 1.165) is 5.56 Å². The van der Waals surface area contributed by atoms with E-state index in [0.29, 0.717) is 17.7 Å².